The molecule has 1 aromatic carbocycles. The summed E-state index contributed by atoms with van der Waals surface area (Å²) in [5.41, 5.74) is 1.18. The number of nitrogens with one attached hydrogen (secondary N) is 1. The summed E-state index contributed by atoms with van der Waals surface area (Å²) in [6.07, 6.45) is 3.14. The van der Waals surface area contributed by atoms with E-state index < -0.39 is 0 Å². The Bertz CT molecular complexity index is 358. The smallest absolute Gasteiger partial charge is 0.114 e. The van der Waals surface area contributed by atoms with Crippen molar-refractivity contribution in [3.63, 3.8) is 0 Å². The Morgan fingerprint density at radius 1 is 1.33 bits per heavy atom. The van der Waals surface area contributed by atoms with Gasteiger partial charge < -0.3 is 10.1 Å². The summed E-state index contributed by atoms with van der Waals surface area (Å²) in [7, 11) is 1.93. The number of halogens is 1. The standard InChI is InChI=1S/C12H14ClNO/c1-14-12(11-3-2-8-15-11)9-4-6-10(13)7-5-9/h3-7,12,14H,2,8H2,1H3. The first-order valence-corrected chi connectivity index (χ1v) is 5.44. The van der Waals surface area contributed by atoms with Gasteiger partial charge >= 0.3 is 0 Å². The van der Waals surface area contributed by atoms with Crippen LogP contribution in [0.15, 0.2) is 36.1 Å². The van der Waals surface area contributed by atoms with Crippen LogP contribution in [-0.4, -0.2) is 13.7 Å². The molecule has 0 saturated heterocycles. The topological polar surface area (TPSA) is 21.3 Å². The van der Waals surface area contributed by atoms with Crippen molar-refractivity contribution < 1.29 is 4.74 Å². The average Bonchev–Trinajstić information content (AvgIpc) is 2.75. The quantitative estimate of drug-likeness (QED) is 0.851. The molecule has 80 valence electrons. The molecule has 0 amide bonds. The molecule has 1 unspecified atom stereocenters. The van der Waals surface area contributed by atoms with Gasteiger partial charge in [0.2, 0.25) is 0 Å². The van der Waals surface area contributed by atoms with Crippen LogP contribution in [0.1, 0.15) is 18.0 Å². The Balaban J connectivity index is 2.22. The Morgan fingerprint density at radius 2 is 2.07 bits per heavy atom. The van der Waals surface area contributed by atoms with E-state index in [4.69, 9.17) is 16.3 Å². The Morgan fingerprint density at radius 3 is 2.60 bits per heavy atom. The number of hydrogen-bond donors (Lipinski definition) is 1. The molecular formula is C12H14ClNO. The molecule has 0 spiro atoms. The monoisotopic (exact) mass is 223 g/mol. The molecule has 1 aliphatic rings. The largest absolute Gasteiger partial charge is 0.496 e. The summed E-state index contributed by atoms with van der Waals surface area (Å²) >= 11 is 5.85. The van der Waals surface area contributed by atoms with E-state index in [1.807, 2.05) is 31.3 Å². The van der Waals surface area contributed by atoms with Crippen molar-refractivity contribution in [3.8, 4) is 0 Å². The SMILES string of the molecule is CNC(C1=CCCO1)c1ccc(Cl)cc1. The van der Waals surface area contributed by atoms with Gasteiger partial charge in [0.05, 0.1) is 12.6 Å². The summed E-state index contributed by atoms with van der Waals surface area (Å²) < 4.78 is 5.56. The molecule has 1 heterocycles. The second kappa shape index (κ2) is 4.69. The van der Waals surface area contributed by atoms with Crippen LogP contribution in [0.25, 0.3) is 0 Å². The van der Waals surface area contributed by atoms with Gasteiger partial charge in [0.1, 0.15) is 5.76 Å². The molecule has 0 aliphatic carbocycles. The number of ether oxygens (including phenoxy) is 1. The normalized spacial score (nSPS) is 17.1. The van der Waals surface area contributed by atoms with Crippen molar-refractivity contribution in [3.05, 3.63) is 46.7 Å². The molecule has 0 saturated carbocycles. The van der Waals surface area contributed by atoms with Gasteiger partial charge in [-0.15, -0.1) is 0 Å². The van der Waals surface area contributed by atoms with Gasteiger partial charge in [-0.2, -0.15) is 0 Å². The van der Waals surface area contributed by atoms with Gasteiger partial charge in [0, 0.05) is 11.4 Å². The van der Waals surface area contributed by atoms with Crippen LogP contribution in [0.3, 0.4) is 0 Å². The van der Waals surface area contributed by atoms with E-state index in [0.29, 0.717) is 0 Å². The minimum absolute atomic E-state index is 0.143. The molecule has 1 atom stereocenters. The highest BCUT2D eigenvalue weighted by atomic mass is 35.5. The number of benzene rings is 1. The van der Waals surface area contributed by atoms with Crippen molar-refractivity contribution in [2.24, 2.45) is 0 Å². The Hall–Kier alpha value is -0.990. The van der Waals surface area contributed by atoms with Gasteiger partial charge in [-0.05, 0) is 30.8 Å². The highest BCUT2D eigenvalue weighted by molar-refractivity contribution is 6.30. The summed E-state index contributed by atoms with van der Waals surface area (Å²) in [5, 5.41) is 4.00. The highest BCUT2D eigenvalue weighted by Crippen LogP contribution is 2.26. The molecular weight excluding hydrogens is 210 g/mol. The van der Waals surface area contributed by atoms with Crippen molar-refractivity contribution in [1.82, 2.24) is 5.32 Å². The van der Waals surface area contributed by atoms with E-state index in [1.54, 1.807) is 0 Å². The minimum Gasteiger partial charge on any atom is -0.496 e. The minimum atomic E-state index is 0.143. The molecule has 0 bridgehead atoms. The first-order valence-electron chi connectivity index (χ1n) is 5.07. The highest BCUT2D eigenvalue weighted by Gasteiger charge is 2.18. The summed E-state index contributed by atoms with van der Waals surface area (Å²) in [5.74, 6) is 1.01. The molecule has 2 nitrogen and oxygen atoms in total. The molecule has 0 aromatic heterocycles. The Labute approximate surface area is 94.9 Å². The van der Waals surface area contributed by atoms with E-state index in [1.165, 1.54) is 5.56 Å². The number of likely N-dealkylation sites (N-methyl/N-ethyl adjacent to an activating group) is 1. The Kier molecular flexibility index (Phi) is 3.29. The number of hydrogen-bond acceptors (Lipinski definition) is 2. The predicted octanol–water partition coefficient (Wildman–Crippen LogP) is 2.90. The molecule has 3 heteroatoms. The molecule has 0 radical (unpaired) electrons. The third-order valence-electron chi connectivity index (χ3n) is 2.51. The van der Waals surface area contributed by atoms with E-state index in [9.17, 15) is 0 Å². The zero-order valence-corrected chi connectivity index (χ0v) is 9.42. The van der Waals surface area contributed by atoms with Crippen molar-refractivity contribution >= 4 is 11.6 Å². The van der Waals surface area contributed by atoms with Gasteiger partial charge in [0.15, 0.2) is 0 Å². The molecule has 1 N–H and O–H groups in total. The lowest BCUT2D eigenvalue weighted by Gasteiger charge is -2.17. The van der Waals surface area contributed by atoms with Gasteiger partial charge in [0.25, 0.3) is 0 Å². The maximum atomic E-state index is 5.85. The first kappa shape index (κ1) is 10.5. The maximum absolute atomic E-state index is 5.85. The molecule has 0 fully saturated rings. The van der Waals surface area contributed by atoms with Gasteiger partial charge in [-0.25, -0.2) is 0 Å². The van der Waals surface area contributed by atoms with Gasteiger partial charge in [-0.1, -0.05) is 23.7 Å². The number of rotatable bonds is 3. The fourth-order valence-corrected chi connectivity index (χ4v) is 1.89. The molecule has 2 rings (SSSR count). The summed E-state index contributed by atoms with van der Waals surface area (Å²) in [6, 6.07) is 7.98. The molecule has 1 aromatic rings. The maximum Gasteiger partial charge on any atom is 0.114 e. The lowest BCUT2D eigenvalue weighted by molar-refractivity contribution is 0.218. The predicted molar refractivity (Wildman–Crippen MR) is 61.9 cm³/mol. The van der Waals surface area contributed by atoms with Crippen LogP contribution in [-0.2, 0) is 4.74 Å². The molecule has 1 aliphatic heterocycles. The zero-order valence-electron chi connectivity index (χ0n) is 8.66. The van der Waals surface area contributed by atoms with E-state index in [0.717, 1.165) is 23.8 Å². The van der Waals surface area contributed by atoms with Crippen LogP contribution in [0.2, 0.25) is 5.02 Å². The first-order chi connectivity index (χ1) is 7.31. The second-order valence-electron chi connectivity index (χ2n) is 3.52. The fourth-order valence-electron chi connectivity index (χ4n) is 1.77. The van der Waals surface area contributed by atoms with Crippen LogP contribution in [0, 0.1) is 0 Å². The van der Waals surface area contributed by atoms with Crippen molar-refractivity contribution in [2.75, 3.05) is 13.7 Å². The summed E-state index contributed by atoms with van der Waals surface area (Å²) in [6.45, 7) is 0.793. The van der Waals surface area contributed by atoms with Crippen LogP contribution in [0.5, 0.6) is 0 Å². The van der Waals surface area contributed by atoms with Crippen LogP contribution < -0.4 is 5.32 Å². The van der Waals surface area contributed by atoms with Crippen molar-refractivity contribution in [2.45, 2.75) is 12.5 Å². The average molecular weight is 224 g/mol. The van der Waals surface area contributed by atoms with E-state index in [2.05, 4.69) is 11.4 Å². The van der Waals surface area contributed by atoms with Crippen LogP contribution in [0.4, 0.5) is 0 Å². The van der Waals surface area contributed by atoms with E-state index in [-0.39, 0.29) is 6.04 Å². The van der Waals surface area contributed by atoms with E-state index >= 15 is 0 Å². The van der Waals surface area contributed by atoms with Crippen LogP contribution >= 0.6 is 11.6 Å². The van der Waals surface area contributed by atoms with Gasteiger partial charge in [-0.3, -0.25) is 0 Å². The zero-order chi connectivity index (χ0) is 10.7. The lowest BCUT2D eigenvalue weighted by Crippen LogP contribution is -2.18. The fraction of sp³-hybridized carbons (Fsp3) is 0.333. The van der Waals surface area contributed by atoms with Crippen molar-refractivity contribution in [1.29, 1.82) is 0 Å². The molecule has 15 heavy (non-hydrogen) atoms. The third-order valence-corrected chi connectivity index (χ3v) is 2.76. The third kappa shape index (κ3) is 2.33. The lowest BCUT2D eigenvalue weighted by atomic mass is 10.1. The summed E-state index contributed by atoms with van der Waals surface area (Å²) in [4.78, 5) is 0. The second-order valence-corrected chi connectivity index (χ2v) is 3.95.